The Balaban J connectivity index is -0.0000000471. The third-order valence-corrected chi connectivity index (χ3v) is 3.41. The van der Waals surface area contributed by atoms with E-state index in [0.29, 0.717) is 0 Å². The molecule has 0 aromatic rings. The minimum atomic E-state index is 1.02. The predicted octanol–water partition coefficient (Wildman–Crippen LogP) is 14.7. The van der Waals surface area contributed by atoms with Crippen molar-refractivity contribution in [1.29, 1.82) is 0 Å². The second kappa shape index (κ2) is 64.8. The van der Waals surface area contributed by atoms with Gasteiger partial charge in [-0.1, -0.05) is 142 Å². The van der Waals surface area contributed by atoms with E-state index in [1.165, 1.54) is 35.1 Å². The molecule has 0 atom stereocenters. The van der Waals surface area contributed by atoms with Gasteiger partial charge in [0, 0.05) is 0 Å². The molecule has 0 rings (SSSR count). The van der Waals surface area contributed by atoms with E-state index in [0.717, 1.165) is 18.4 Å². The molecular formula is C39H72. The lowest BCUT2D eigenvalue weighted by atomic mass is 10.2. The quantitative estimate of drug-likeness (QED) is 0.222. The van der Waals surface area contributed by atoms with Crippen molar-refractivity contribution in [3.63, 3.8) is 0 Å². The maximum Gasteiger partial charge on any atom is -0.0356 e. The molecule has 0 spiro atoms. The van der Waals surface area contributed by atoms with Crippen molar-refractivity contribution in [3.05, 3.63) is 135 Å². The Morgan fingerprint density at radius 2 is 0.821 bits per heavy atom. The molecule has 228 valence electrons. The zero-order valence-corrected chi connectivity index (χ0v) is 29.2. The summed E-state index contributed by atoms with van der Waals surface area (Å²) in [5.74, 6) is 0. The van der Waals surface area contributed by atoms with Crippen molar-refractivity contribution in [1.82, 2.24) is 0 Å². The number of rotatable bonds is 7. The zero-order valence-electron chi connectivity index (χ0n) is 29.2. The van der Waals surface area contributed by atoms with Crippen LogP contribution in [0.15, 0.2) is 135 Å². The van der Waals surface area contributed by atoms with Gasteiger partial charge in [-0.3, -0.25) is 0 Å². The first-order valence-electron chi connectivity index (χ1n) is 13.9. The molecule has 0 amide bonds. The van der Waals surface area contributed by atoms with Crippen molar-refractivity contribution in [2.45, 2.75) is 116 Å². The molecule has 0 aliphatic rings. The van der Waals surface area contributed by atoms with Crippen molar-refractivity contribution >= 4 is 0 Å². The topological polar surface area (TPSA) is 0 Å². The summed E-state index contributed by atoms with van der Waals surface area (Å²) in [5, 5.41) is 0. The van der Waals surface area contributed by atoms with Crippen molar-refractivity contribution in [2.24, 2.45) is 0 Å². The lowest BCUT2D eigenvalue weighted by Gasteiger charge is -1.88. The lowest BCUT2D eigenvalue weighted by molar-refractivity contribution is 0.961. The van der Waals surface area contributed by atoms with Gasteiger partial charge in [0.1, 0.15) is 0 Å². The van der Waals surface area contributed by atoms with Crippen LogP contribution in [0.3, 0.4) is 0 Å². The van der Waals surface area contributed by atoms with Crippen LogP contribution in [0.4, 0.5) is 0 Å². The molecule has 0 nitrogen and oxygen atoms in total. The van der Waals surface area contributed by atoms with E-state index in [1.807, 2.05) is 58.9 Å². The third-order valence-electron chi connectivity index (χ3n) is 3.41. The van der Waals surface area contributed by atoms with Gasteiger partial charge in [0.25, 0.3) is 0 Å². The van der Waals surface area contributed by atoms with Crippen LogP contribution in [-0.2, 0) is 0 Å². The van der Waals surface area contributed by atoms with E-state index in [1.54, 1.807) is 24.3 Å². The largest absolute Gasteiger partial charge is 0.103 e. The minimum Gasteiger partial charge on any atom is -0.103 e. The summed E-state index contributed by atoms with van der Waals surface area (Å²) in [6.07, 6.45) is 21.3. The van der Waals surface area contributed by atoms with Gasteiger partial charge in [-0.15, -0.1) is 19.7 Å². The fourth-order valence-corrected chi connectivity index (χ4v) is 0.544. The summed E-state index contributed by atoms with van der Waals surface area (Å²) in [6.45, 7) is 54.6. The Bertz CT molecular complexity index is 600. The Morgan fingerprint density at radius 1 is 0.564 bits per heavy atom. The van der Waals surface area contributed by atoms with Crippen LogP contribution in [0.5, 0.6) is 0 Å². The van der Waals surface area contributed by atoms with E-state index in [2.05, 4.69) is 114 Å². The summed E-state index contributed by atoms with van der Waals surface area (Å²) in [7, 11) is 0. The van der Waals surface area contributed by atoms with Gasteiger partial charge in [0.2, 0.25) is 0 Å². The standard InChI is InChI=1S/C6H12.C5H10.C5H8.2C5H10.C5H8.C4H8.C4H6/c1-5(2)6(3)4;2*1-4-5(2)3;3*1-3-5-4-2;1-4(2)3;1-3-4-2/h1-4H3;4H,1-3H3;4H,1-2H2,3H3;2*3H,1,4-5H2,2H3;3-5H,1H2,2H3;1H2,2-3H3;3-4H,1-2H2. The molecule has 0 heterocycles. The van der Waals surface area contributed by atoms with Gasteiger partial charge in [-0.2, -0.15) is 0 Å². The van der Waals surface area contributed by atoms with E-state index in [9.17, 15) is 0 Å². The van der Waals surface area contributed by atoms with Crippen molar-refractivity contribution < 1.29 is 0 Å². The van der Waals surface area contributed by atoms with Gasteiger partial charge >= 0.3 is 0 Å². The molecule has 0 unspecified atom stereocenters. The Hall–Kier alpha value is -2.86. The predicted molar refractivity (Wildman–Crippen MR) is 196 cm³/mol. The first-order valence-corrected chi connectivity index (χ1v) is 13.9. The maximum absolute atomic E-state index is 3.56. The fraction of sp³-hybridized carbons (Fsp3) is 0.436. The van der Waals surface area contributed by atoms with E-state index in [4.69, 9.17) is 0 Å². The summed E-state index contributed by atoms with van der Waals surface area (Å²) in [6, 6.07) is 0. The fourth-order valence-electron chi connectivity index (χ4n) is 0.544. The second-order valence-corrected chi connectivity index (χ2v) is 9.01. The van der Waals surface area contributed by atoms with Crippen LogP contribution >= 0.6 is 0 Å². The molecule has 0 N–H and O–H groups in total. The molecule has 0 aliphatic carbocycles. The smallest absolute Gasteiger partial charge is 0.0356 e. The van der Waals surface area contributed by atoms with E-state index in [-0.39, 0.29) is 0 Å². The average Bonchev–Trinajstić information content (AvgIpc) is 2.87. The molecule has 0 radical (unpaired) electrons. The number of hydrogen-bond acceptors (Lipinski definition) is 0. The molecule has 0 fully saturated rings. The Morgan fingerprint density at radius 3 is 0.821 bits per heavy atom. The number of allylic oxidation sites excluding steroid dienone is 14. The highest BCUT2D eigenvalue weighted by Gasteiger charge is 1.75. The highest BCUT2D eigenvalue weighted by molar-refractivity contribution is 5.06. The van der Waals surface area contributed by atoms with Crippen LogP contribution < -0.4 is 0 Å². The first-order chi connectivity index (χ1) is 18.1. The molecular weight excluding hydrogens is 468 g/mol. The average molecular weight is 541 g/mol. The van der Waals surface area contributed by atoms with Crippen molar-refractivity contribution in [3.8, 4) is 0 Å². The van der Waals surface area contributed by atoms with Crippen LogP contribution in [-0.4, -0.2) is 0 Å². The molecule has 39 heavy (non-hydrogen) atoms. The molecule has 0 aliphatic heterocycles. The SMILES string of the molecule is C=C(C)C.C=CC(=C)C.C=CC=C.C=CC=CC.C=CCCC.C=CCCC.CC(C)=C(C)C.CC=C(C)C. The van der Waals surface area contributed by atoms with E-state index >= 15 is 0 Å². The lowest BCUT2D eigenvalue weighted by Crippen LogP contribution is -1.66. The third kappa shape index (κ3) is 262. The molecule has 0 heteroatoms. The van der Waals surface area contributed by atoms with Gasteiger partial charge < -0.3 is 0 Å². The zero-order chi connectivity index (χ0) is 33.1. The number of hydrogen-bond donors (Lipinski definition) is 0. The minimum absolute atomic E-state index is 1.02. The molecule has 0 aromatic carbocycles. The second-order valence-electron chi connectivity index (χ2n) is 9.01. The highest BCUT2D eigenvalue weighted by Crippen LogP contribution is 1.97. The Kier molecular flexibility index (Phi) is 93.6. The first kappa shape index (κ1) is 56.4. The highest BCUT2D eigenvalue weighted by atomic mass is 13.8. The summed E-state index contributed by atoms with van der Waals surface area (Å²) in [5.41, 5.74) is 6.42. The molecule has 0 bridgehead atoms. The molecule has 0 saturated carbocycles. The molecule has 0 aromatic heterocycles. The van der Waals surface area contributed by atoms with E-state index < -0.39 is 0 Å². The maximum atomic E-state index is 3.56. The normalized spacial score (nSPS) is 7.21. The van der Waals surface area contributed by atoms with Gasteiger partial charge in [0.15, 0.2) is 0 Å². The van der Waals surface area contributed by atoms with Gasteiger partial charge in [-0.05, 0) is 89.0 Å². The van der Waals surface area contributed by atoms with Gasteiger partial charge in [-0.25, -0.2) is 0 Å². The summed E-state index contributed by atoms with van der Waals surface area (Å²) < 4.78 is 0. The van der Waals surface area contributed by atoms with Crippen LogP contribution in [0.1, 0.15) is 116 Å². The van der Waals surface area contributed by atoms with Crippen molar-refractivity contribution in [2.75, 3.05) is 0 Å². The van der Waals surface area contributed by atoms with Crippen LogP contribution in [0, 0.1) is 0 Å². The number of unbranched alkanes of at least 4 members (excludes halogenated alkanes) is 2. The van der Waals surface area contributed by atoms with Gasteiger partial charge in [0.05, 0.1) is 0 Å². The monoisotopic (exact) mass is 541 g/mol. The van der Waals surface area contributed by atoms with Crippen LogP contribution in [0.2, 0.25) is 0 Å². The summed E-state index contributed by atoms with van der Waals surface area (Å²) in [4.78, 5) is 0. The molecule has 0 saturated heterocycles. The summed E-state index contributed by atoms with van der Waals surface area (Å²) >= 11 is 0. The Labute approximate surface area is 250 Å². The van der Waals surface area contributed by atoms with Crippen LogP contribution in [0.25, 0.3) is 0 Å².